The van der Waals surface area contributed by atoms with Gasteiger partial charge in [-0.05, 0) is 35.6 Å². The number of nitrogens with two attached hydrogens (primary N) is 1. The van der Waals surface area contributed by atoms with Crippen LogP contribution in [-0.2, 0) is 4.79 Å². The minimum atomic E-state index is -0.975. The first-order valence-corrected chi connectivity index (χ1v) is 5.61. The van der Waals surface area contributed by atoms with Gasteiger partial charge in [-0.25, -0.2) is 4.39 Å². The fraction of sp³-hybridized carbons (Fsp3) is 0.462. The summed E-state index contributed by atoms with van der Waals surface area (Å²) in [6.45, 7) is 5.46. The molecule has 0 aromatic heterocycles. The van der Waals surface area contributed by atoms with Gasteiger partial charge >= 0.3 is 5.97 Å². The maximum Gasteiger partial charge on any atom is 0.312 e. The highest BCUT2D eigenvalue weighted by Crippen LogP contribution is 2.27. The van der Waals surface area contributed by atoms with Crippen LogP contribution >= 0.6 is 0 Å². The summed E-state index contributed by atoms with van der Waals surface area (Å²) < 4.78 is 13.7. The van der Waals surface area contributed by atoms with Crippen LogP contribution in [0, 0.1) is 12.7 Å². The van der Waals surface area contributed by atoms with Gasteiger partial charge in [0.1, 0.15) is 5.82 Å². The monoisotopic (exact) mass is 239 g/mol. The highest BCUT2D eigenvalue weighted by Gasteiger charge is 2.22. The topological polar surface area (TPSA) is 63.3 Å². The van der Waals surface area contributed by atoms with E-state index in [1.165, 1.54) is 6.07 Å². The van der Waals surface area contributed by atoms with Gasteiger partial charge in [0.25, 0.3) is 0 Å². The summed E-state index contributed by atoms with van der Waals surface area (Å²) in [6.07, 6.45) is 0. The van der Waals surface area contributed by atoms with Crippen LogP contribution < -0.4 is 5.73 Å². The number of hydrogen-bond acceptors (Lipinski definition) is 2. The number of halogens is 1. The molecule has 0 amide bonds. The molecular formula is C13H18FNO2. The van der Waals surface area contributed by atoms with Gasteiger partial charge in [-0.2, -0.15) is 0 Å². The summed E-state index contributed by atoms with van der Waals surface area (Å²) >= 11 is 0. The molecule has 0 aliphatic heterocycles. The molecule has 0 fully saturated rings. The highest BCUT2D eigenvalue weighted by atomic mass is 19.1. The van der Waals surface area contributed by atoms with Crippen molar-refractivity contribution in [2.45, 2.75) is 32.6 Å². The van der Waals surface area contributed by atoms with E-state index in [-0.39, 0.29) is 18.3 Å². The van der Waals surface area contributed by atoms with Crippen molar-refractivity contribution in [2.24, 2.45) is 5.73 Å². The number of benzene rings is 1. The van der Waals surface area contributed by atoms with Gasteiger partial charge in [0, 0.05) is 6.54 Å². The van der Waals surface area contributed by atoms with E-state index in [2.05, 4.69) is 0 Å². The Morgan fingerprint density at radius 1 is 1.41 bits per heavy atom. The van der Waals surface area contributed by atoms with Crippen LogP contribution in [0.5, 0.6) is 0 Å². The Labute approximate surface area is 100 Å². The van der Waals surface area contributed by atoms with Crippen LogP contribution in [0.2, 0.25) is 0 Å². The third-order valence-corrected chi connectivity index (χ3v) is 2.92. The molecule has 0 bridgehead atoms. The number of aryl methyl sites for hydroxylation is 1. The van der Waals surface area contributed by atoms with E-state index in [1.807, 2.05) is 13.8 Å². The van der Waals surface area contributed by atoms with Crippen LogP contribution in [0.4, 0.5) is 4.39 Å². The van der Waals surface area contributed by atoms with E-state index < -0.39 is 11.9 Å². The molecule has 3 nitrogen and oxygen atoms in total. The lowest BCUT2D eigenvalue weighted by Crippen LogP contribution is -2.22. The highest BCUT2D eigenvalue weighted by molar-refractivity contribution is 5.77. The predicted octanol–water partition coefficient (Wildman–Crippen LogP) is 2.38. The zero-order valence-electron chi connectivity index (χ0n) is 10.3. The van der Waals surface area contributed by atoms with Crippen molar-refractivity contribution in [3.8, 4) is 0 Å². The molecule has 0 aliphatic carbocycles. The first kappa shape index (κ1) is 13.6. The minimum absolute atomic E-state index is 0.0132. The normalized spacial score (nSPS) is 12.8. The number of carboxylic acid groups (broad SMARTS) is 1. The van der Waals surface area contributed by atoms with Crippen LogP contribution in [0.1, 0.15) is 42.4 Å². The van der Waals surface area contributed by atoms with Crippen molar-refractivity contribution < 1.29 is 14.3 Å². The Hall–Kier alpha value is -1.42. The summed E-state index contributed by atoms with van der Waals surface area (Å²) in [5, 5.41) is 9.08. The second-order valence-electron chi connectivity index (χ2n) is 4.51. The third-order valence-electron chi connectivity index (χ3n) is 2.92. The lowest BCUT2D eigenvalue weighted by atomic mass is 9.90. The quantitative estimate of drug-likeness (QED) is 0.848. The fourth-order valence-corrected chi connectivity index (χ4v) is 1.89. The first-order chi connectivity index (χ1) is 7.88. The molecule has 1 atom stereocenters. The van der Waals surface area contributed by atoms with E-state index >= 15 is 0 Å². The van der Waals surface area contributed by atoms with Gasteiger partial charge in [0.15, 0.2) is 0 Å². The molecule has 0 saturated carbocycles. The number of carboxylic acids is 1. The molecule has 4 heteroatoms. The van der Waals surface area contributed by atoms with Gasteiger partial charge < -0.3 is 10.8 Å². The van der Waals surface area contributed by atoms with Crippen molar-refractivity contribution in [1.82, 2.24) is 0 Å². The predicted molar refractivity (Wildman–Crippen MR) is 64.7 cm³/mol. The zero-order chi connectivity index (χ0) is 13.2. The van der Waals surface area contributed by atoms with Crippen molar-refractivity contribution in [3.05, 3.63) is 34.6 Å². The molecule has 1 aromatic carbocycles. The first-order valence-electron chi connectivity index (χ1n) is 5.61. The summed E-state index contributed by atoms with van der Waals surface area (Å²) in [6, 6.07) is 3.01. The van der Waals surface area contributed by atoms with Crippen LogP contribution in [0.25, 0.3) is 0 Å². The molecule has 0 saturated heterocycles. The number of rotatable bonds is 4. The van der Waals surface area contributed by atoms with Gasteiger partial charge in [-0.1, -0.05) is 19.9 Å². The largest absolute Gasteiger partial charge is 0.481 e. The Balaban J connectivity index is 3.33. The Bertz CT molecular complexity index is 430. The molecule has 0 radical (unpaired) electrons. The van der Waals surface area contributed by atoms with Crippen LogP contribution in [-0.4, -0.2) is 17.6 Å². The van der Waals surface area contributed by atoms with Crippen molar-refractivity contribution in [2.75, 3.05) is 6.54 Å². The maximum absolute atomic E-state index is 13.7. The molecule has 0 spiro atoms. The van der Waals surface area contributed by atoms with E-state index in [0.29, 0.717) is 16.7 Å². The standard InChI is InChI=1S/C13H18FNO2/c1-7(2)9-5-10(8(3)4-12(9)14)11(6-15)13(16)17/h4-5,7,11H,6,15H2,1-3H3,(H,16,17). The second-order valence-corrected chi connectivity index (χ2v) is 4.51. The van der Waals surface area contributed by atoms with Crippen molar-refractivity contribution >= 4 is 5.97 Å². The summed E-state index contributed by atoms with van der Waals surface area (Å²) in [5.41, 5.74) is 7.23. The van der Waals surface area contributed by atoms with Crippen LogP contribution in [0.15, 0.2) is 12.1 Å². The number of hydrogen-bond donors (Lipinski definition) is 2. The Morgan fingerprint density at radius 3 is 2.41 bits per heavy atom. The van der Waals surface area contributed by atoms with E-state index in [4.69, 9.17) is 10.8 Å². The lowest BCUT2D eigenvalue weighted by Gasteiger charge is -2.17. The summed E-state index contributed by atoms with van der Waals surface area (Å²) in [5.74, 6) is -2.02. The molecule has 0 aliphatic rings. The molecule has 1 rings (SSSR count). The Morgan fingerprint density at radius 2 is 2.00 bits per heavy atom. The average Bonchev–Trinajstić information content (AvgIpc) is 2.21. The maximum atomic E-state index is 13.7. The third kappa shape index (κ3) is 2.82. The molecule has 3 N–H and O–H groups in total. The average molecular weight is 239 g/mol. The zero-order valence-corrected chi connectivity index (χ0v) is 10.3. The Kier molecular flexibility index (Phi) is 4.23. The van der Waals surface area contributed by atoms with Gasteiger partial charge in [0.05, 0.1) is 5.92 Å². The summed E-state index contributed by atoms with van der Waals surface area (Å²) in [7, 11) is 0. The minimum Gasteiger partial charge on any atom is -0.481 e. The SMILES string of the molecule is Cc1cc(F)c(C(C)C)cc1C(CN)C(=O)O. The van der Waals surface area contributed by atoms with Crippen molar-refractivity contribution in [1.29, 1.82) is 0 Å². The molecular weight excluding hydrogens is 221 g/mol. The molecule has 0 heterocycles. The smallest absolute Gasteiger partial charge is 0.312 e. The van der Waals surface area contributed by atoms with Crippen LogP contribution in [0.3, 0.4) is 0 Å². The number of carbonyl (C=O) groups is 1. The van der Waals surface area contributed by atoms with E-state index in [0.717, 1.165) is 0 Å². The number of aliphatic carboxylic acids is 1. The van der Waals surface area contributed by atoms with E-state index in [9.17, 15) is 9.18 Å². The second kappa shape index (κ2) is 5.27. The summed E-state index contributed by atoms with van der Waals surface area (Å²) in [4.78, 5) is 11.1. The van der Waals surface area contributed by atoms with Gasteiger partial charge in [-0.15, -0.1) is 0 Å². The fourth-order valence-electron chi connectivity index (χ4n) is 1.89. The molecule has 17 heavy (non-hydrogen) atoms. The molecule has 1 unspecified atom stereocenters. The van der Waals surface area contributed by atoms with Gasteiger partial charge in [0.2, 0.25) is 0 Å². The van der Waals surface area contributed by atoms with Gasteiger partial charge in [-0.3, -0.25) is 4.79 Å². The molecule has 1 aromatic rings. The molecule has 94 valence electrons. The lowest BCUT2D eigenvalue weighted by molar-refractivity contribution is -0.138. The van der Waals surface area contributed by atoms with Crippen molar-refractivity contribution in [3.63, 3.8) is 0 Å². The van der Waals surface area contributed by atoms with E-state index in [1.54, 1.807) is 13.0 Å².